The van der Waals surface area contributed by atoms with Gasteiger partial charge in [0.1, 0.15) is 11.1 Å². The number of nitrogens with zero attached hydrogens (tertiary/aromatic N) is 1. The summed E-state index contributed by atoms with van der Waals surface area (Å²) in [6.45, 7) is 1.28. The van der Waals surface area contributed by atoms with Crippen LogP contribution in [-0.4, -0.2) is 32.7 Å². The number of alkyl halides is 3. The summed E-state index contributed by atoms with van der Waals surface area (Å²) >= 11 is 0. The minimum atomic E-state index is -4.93. The normalized spacial score (nSPS) is 19.4. The van der Waals surface area contributed by atoms with E-state index in [0.717, 1.165) is 11.6 Å². The van der Waals surface area contributed by atoms with Crippen LogP contribution >= 0.6 is 0 Å². The summed E-state index contributed by atoms with van der Waals surface area (Å²) < 4.78 is 65.9. The van der Waals surface area contributed by atoms with Crippen LogP contribution in [0, 0.1) is 5.41 Å². The molecule has 14 heteroatoms. The molecule has 2 saturated heterocycles. The third-order valence-corrected chi connectivity index (χ3v) is 7.22. The third-order valence-electron chi connectivity index (χ3n) is 6.21. The number of benzene rings is 2. The molecule has 0 aromatic heterocycles. The Bertz CT molecular complexity index is 1170. The van der Waals surface area contributed by atoms with E-state index in [0.29, 0.717) is 31.5 Å². The van der Waals surface area contributed by atoms with Crippen molar-refractivity contribution in [1.82, 2.24) is 26.8 Å². The molecular weight excluding hydrogens is 473 g/mol. The Morgan fingerprint density at radius 2 is 1.65 bits per heavy atom. The monoisotopic (exact) mass is 498 g/mol. The molecular formula is C20H25F3N8O2S. The highest BCUT2D eigenvalue weighted by molar-refractivity contribution is 7.89. The van der Waals surface area contributed by atoms with Gasteiger partial charge in [0.05, 0.1) is 11.9 Å². The molecule has 0 saturated carbocycles. The van der Waals surface area contributed by atoms with Gasteiger partial charge < -0.3 is 10.6 Å². The van der Waals surface area contributed by atoms with Gasteiger partial charge >= 0.3 is 6.18 Å². The number of hydrazine groups is 3. The van der Waals surface area contributed by atoms with Gasteiger partial charge in [-0.05, 0) is 35.6 Å². The summed E-state index contributed by atoms with van der Waals surface area (Å²) in [4.78, 5) is 0.860. The fourth-order valence-electron chi connectivity index (χ4n) is 4.39. The minimum Gasteiger partial charge on any atom is -0.363 e. The molecule has 0 spiro atoms. The van der Waals surface area contributed by atoms with E-state index in [1.165, 1.54) is 12.4 Å². The molecule has 2 aliphatic heterocycles. The second-order valence-corrected chi connectivity index (χ2v) is 9.81. The van der Waals surface area contributed by atoms with Gasteiger partial charge in [0.2, 0.25) is 10.0 Å². The standard InChI is InChI=1S/C20H25F3N8O2S/c21-20(22,23)15-6-5-14(16(17(15)34(26,32)33)18-27-29-30-28-18)12-1-3-13(4-2-12)19(25)7-9-31(11-24)10-8-19/h1-6,11,18,24,27-30H,7-10,25H2,(H2,26,32,33). The zero-order valence-electron chi connectivity index (χ0n) is 17.9. The number of nitrogens with one attached hydrogen (secondary N) is 5. The van der Waals surface area contributed by atoms with Crippen LogP contribution in [-0.2, 0) is 21.7 Å². The Hall–Kier alpha value is -2.59. The van der Waals surface area contributed by atoms with Crippen LogP contribution in [0.1, 0.15) is 35.7 Å². The number of rotatable bonds is 5. The molecule has 0 atom stereocenters. The van der Waals surface area contributed by atoms with Crippen molar-refractivity contribution in [3.8, 4) is 11.1 Å². The predicted molar refractivity (Wildman–Crippen MR) is 119 cm³/mol. The molecule has 2 aliphatic rings. The lowest BCUT2D eigenvalue weighted by Crippen LogP contribution is -2.47. The fraction of sp³-hybridized carbons (Fsp3) is 0.350. The number of likely N-dealkylation sites (tertiary alicyclic amines) is 1. The van der Waals surface area contributed by atoms with Crippen LogP contribution in [0.25, 0.3) is 11.1 Å². The van der Waals surface area contributed by atoms with Crippen LogP contribution in [0.4, 0.5) is 13.2 Å². The highest BCUT2D eigenvalue weighted by atomic mass is 32.2. The van der Waals surface area contributed by atoms with Crippen LogP contribution in [0.5, 0.6) is 0 Å². The molecule has 2 aromatic carbocycles. The second kappa shape index (κ2) is 8.88. The molecule has 0 bridgehead atoms. The van der Waals surface area contributed by atoms with E-state index in [2.05, 4.69) is 21.9 Å². The topological polar surface area (TPSA) is 161 Å². The molecule has 4 rings (SSSR count). The summed E-state index contributed by atoms with van der Waals surface area (Å²) in [7, 11) is -4.76. The maximum absolute atomic E-state index is 13.7. The van der Waals surface area contributed by atoms with Crippen LogP contribution in [0.15, 0.2) is 41.3 Å². The first kappa shape index (κ1) is 24.5. The van der Waals surface area contributed by atoms with E-state index in [1.807, 2.05) is 4.90 Å². The van der Waals surface area contributed by atoms with E-state index in [9.17, 15) is 21.6 Å². The summed E-state index contributed by atoms with van der Waals surface area (Å²) in [5.41, 5.74) is 16.4. The van der Waals surface area contributed by atoms with Gasteiger partial charge in [0.15, 0.2) is 0 Å². The number of primary sulfonamides is 1. The van der Waals surface area contributed by atoms with Crippen LogP contribution in [0.2, 0.25) is 0 Å². The van der Waals surface area contributed by atoms with E-state index < -0.39 is 38.4 Å². The van der Waals surface area contributed by atoms with Crippen molar-refractivity contribution in [1.29, 1.82) is 5.41 Å². The quantitative estimate of drug-likeness (QED) is 0.237. The molecule has 0 unspecified atom stereocenters. The van der Waals surface area contributed by atoms with Gasteiger partial charge in [0, 0.05) is 24.2 Å². The van der Waals surface area contributed by atoms with Gasteiger partial charge in [-0.1, -0.05) is 30.3 Å². The number of halogens is 3. The summed E-state index contributed by atoms with van der Waals surface area (Å²) in [6.07, 6.45) is -3.41. The Balaban J connectivity index is 1.81. The van der Waals surface area contributed by atoms with Gasteiger partial charge in [-0.3, -0.25) is 5.41 Å². The number of piperidine rings is 1. The minimum absolute atomic E-state index is 0.177. The van der Waals surface area contributed by atoms with E-state index in [4.69, 9.17) is 16.3 Å². The maximum Gasteiger partial charge on any atom is 0.417 e. The maximum atomic E-state index is 13.7. The van der Waals surface area contributed by atoms with Crippen molar-refractivity contribution in [3.63, 3.8) is 0 Å². The van der Waals surface area contributed by atoms with Crippen molar-refractivity contribution >= 4 is 16.4 Å². The molecule has 184 valence electrons. The average molecular weight is 499 g/mol. The van der Waals surface area contributed by atoms with Crippen molar-refractivity contribution in [2.24, 2.45) is 10.9 Å². The smallest absolute Gasteiger partial charge is 0.363 e. The van der Waals surface area contributed by atoms with Gasteiger partial charge in [0.25, 0.3) is 0 Å². The van der Waals surface area contributed by atoms with Crippen molar-refractivity contribution in [2.45, 2.75) is 35.6 Å². The largest absolute Gasteiger partial charge is 0.417 e. The summed E-state index contributed by atoms with van der Waals surface area (Å²) in [5, 5.41) is 12.6. The molecule has 2 fully saturated rings. The average Bonchev–Trinajstić information content (AvgIpc) is 3.32. The van der Waals surface area contributed by atoms with Gasteiger partial charge in [-0.2, -0.15) is 24.2 Å². The SMILES string of the molecule is N=CN1CCC(N)(c2ccc(-c3ccc(C(F)(F)F)c(S(N)(=O)=O)c3C3NNNN3)cc2)CC1. The number of sulfonamides is 1. The first-order chi connectivity index (χ1) is 15.9. The summed E-state index contributed by atoms with van der Waals surface area (Å²) in [6, 6.07) is 8.92. The van der Waals surface area contributed by atoms with E-state index in [1.54, 1.807) is 24.3 Å². The number of hydrogen-bond donors (Lipinski definition) is 7. The molecule has 9 N–H and O–H groups in total. The zero-order chi connectivity index (χ0) is 24.7. The molecule has 0 aliphatic carbocycles. The van der Waals surface area contributed by atoms with E-state index >= 15 is 0 Å². The Morgan fingerprint density at radius 1 is 1.06 bits per heavy atom. The lowest BCUT2D eigenvalue weighted by atomic mass is 9.81. The Labute approximate surface area is 194 Å². The van der Waals surface area contributed by atoms with Crippen LogP contribution in [0.3, 0.4) is 0 Å². The number of nitrogens with two attached hydrogens (primary N) is 2. The molecule has 2 aromatic rings. The zero-order valence-corrected chi connectivity index (χ0v) is 18.7. The Morgan fingerprint density at radius 3 is 2.15 bits per heavy atom. The van der Waals surface area contributed by atoms with Gasteiger partial charge in [-0.15, -0.1) is 0 Å². The van der Waals surface area contributed by atoms with Gasteiger partial charge in [-0.25, -0.2) is 24.4 Å². The predicted octanol–water partition coefficient (Wildman–Crippen LogP) is 0.992. The lowest BCUT2D eigenvalue weighted by Gasteiger charge is -2.38. The van der Waals surface area contributed by atoms with E-state index in [-0.39, 0.29) is 11.1 Å². The second-order valence-electron chi connectivity index (χ2n) is 8.32. The van der Waals surface area contributed by atoms with Crippen molar-refractivity contribution in [3.05, 3.63) is 53.1 Å². The summed E-state index contributed by atoms with van der Waals surface area (Å²) in [5.74, 6) is 0. The molecule has 34 heavy (non-hydrogen) atoms. The van der Waals surface area contributed by atoms with Crippen molar-refractivity contribution in [2.75, 3.05) is 13.1 Å². The molecule has 2 heterocycles. The first-order valence-electron chi connectivity index (χ1n) is 10.4. The fourth-order valence-corrected chi connectivity index (χ4v) is 5.41. The molecule has 10 nitrogen and oxygen atoms in total. The molecule has 0 radical (unpaired) electrons. The third kappa shape index (κ3) is 4.65. The van der Waals surface area contributed by atoms with Crippen LogP contribution < -0.4 is 32.8 Å². The number of hydrogen-bond acceptors (Lipinski definition) is 8. The molecule has 0 amide bonds. The lowest BCUT2D eigenvalue weighted by molar-refractivity contribution is -0.140. The first-order valence-corrected chi connectivity index (χ1v) is 11.9. The Kier molecular flexibility index (Phi) is 6.41. The highest BCUT2D eigenvalue weighted by Crippen LogP contribution is 2.42. The van der Waals surface area contributed by atoms with Crippen molar-refractivity contribution < 1.29 is 21.6 Å². The highest BCUT2D eigenvalue weighted by Gasteiger charge is 2.41.